The highest BCUT2D eigenvalue weighted by Gasteiger charge is 2.15. The molecule has 0 aliphatic carbocycles. The van der Waals surface area contributed by atoms with Crippen LogP contribution in [-0.4, -0.2) is 22.6 Å². The summed E-state index contributed by atoms with van der Waals surface area (Å²) in [6.07, 6.45) is 4.99. The van der Waals surface area contributed by atoms with Crippen molar-refractivity contribution in [2.45, 2.75) is 40.2 Å². The van der Waals surface area contributed by atoms with E-state index in [9.17, 15) is 0 Å². The zero-order chi connectivity index (χ0) is 11.3. The number of nitrogens with one attached hydrogen (secondary N) is 1. The molecule has 0 aliphatic rings. The lowest BCUT2D eigenvalue weighted by Gasteiger charge is -2.23. The van der Waals surface area contributed by atoms with Crippen LogP contribution in [0.4, 0.5) is 0 Å². The lowest BCUT2D eigenvalue weighted by molar-refractivity contribution is 0.356. The Bertz CT molecular complexity index is 280. The van der Waals surface area contributed by atoms with Crippen molar-refractivity contribution in [2.24, 2.45) is 5.92 Å². The molecule has 0 saturated carbocycles. The van der Waals surface area contributed by atoms with Gasteiger partial charge in [-0.2, -0.15) is 0 Å². The largest absolute Gasteiger partial charge is 0.332 e. The van der Waals surface area contributed by atoms with Crippen molar-refractivity contribution < 1.29 is 0 Å². The molecule has 0 bridgehead atoms. The zero-order valence-electron chi connectivity index (χ0n) is 10.3. The third kappa shape index (κ3) is 3.06. The molecule has 0 amide bonds. The van der Waals surface area contributed by atoms with Crippen LogP contribution >= 0.6 is 0 Å². The predicted molar refractivity (Wildman–Crippen MR) is 64.0 cm³/mol. The highest BCUT2D eigenvalue weighted by Crippen LogP contribution is 2.18. The summed E-state index contributed by atoms with van der Waals surface area (Å²) in [5.74, 6) is 1.82. The zero-order valence-corrected chi connectivity index (χ0v) is 10.3. The molecule has 1 aromatic heterocycles. The Hall–Kier alpha value is -0.830. The van der Waals surface area contributed by atoms with Crippen LogP contribution < -0.4 is 5.32 Å². The number of rotatable bonds is 6. The molecule has 86 valence electrons. The van der Waals surface area contributed by atoms with Crippen molar-refractivity contribution >= 4 is 0 Å². The van der Waals surface area contributed by atoms with Crippen LogP contribution in [0.25, 0.3) is 0 Å². The third-order valence-electron chi connectivity index (χ3n) is 3.04. The minimum Gasteiger partial charge on any atom is -0.332 e. The van der Waals surface area contributed by atoms with Gasteiger partial charge in [0.1, 0.15) is 5.82 Å². The molecule has 0 aromatic carbocycles. The summed E-state index contributed by atoms with van der Waals surface area (Å²) in [5.41, 5.74) is 0. The molecule has 1 heterocycles. The van der Waals surface area contributed by atoms with Crippen molar-refractivity contribution in [3.8, 4) is 0 Å². The highest BCUT2D eigenvalue weighted by atomic mass is 15.1. The van der Waals surface area contributed by atoms with Gasteiger partial charge in [0.2, 0.25) is 0 Å². The molecule has 2 atom stereocenters. The molecule has 3 heteroatoms. The fraction of sp³-hybridized carbons (Fsp3) is 0.750. The second-order valence-corrected chi connectivity index (χ2v) is 4.13. The standard InChI is InChI=1S/C12H23N3/c1-5-12-14-7-8-15(12)11(4)10(3)9-13-6-2/h7-8,10-11,13H,5-6,9H2,1-4H3. The summed E-state index contributed by atoms with van der Waals surface area (Å²) < 4.78 is 2.29. The molecule has 1 N–H and O–H groups in total. The minimum atomic E-state index is 0.515. The molecule has 1 aromatic rings. The van der Waals surface area contributed by atoms with Gasteiger partial charge in [0.15, 0.2) is 0 Å². The van der Waals surface area contributed by atoms with Gasteiger partial charge >= 0.3 is 0 Å². The van der Waals surface area contributed by atoms with E-state index < -0.39 is 0 Å². The maximum absolute atomic E-state index is 4.36. The average Bonchev–Trinajstić information content (AvgIpc) is 2.72. The number of aryl methyl sites for hydroxylation is 1. The minimum absolute atomic E-state index is 0.515. The van der Waals surface area contributed by atoms with Crippen molar-refractivity contribution in [3.05, 3.63) is 18.2 Å². The molecule has 0 aliphatic heterocycles. The Balaban J connectivity index is 2.62. The normalized spacial score (nSPS) is 15.2. The molecular weight excluding hydrogens is 186 g/mol. The number of hydrogen-bond donors (Lipinski definition) is 1. The van der Waals surface area contributed by atoms with Crippen LogP contribution in [0, 0.1) is 5.92 Å². The van der Waals surface area contributed by atoms with Gasteiger partial charge < -0.3 is 9.88 Å². The summed E-state index contributed by atoms with van der Waals surface area (Å²) in [6.45, 7) is 11.0. The van der Waals surface area contributed by atoms with Crippen molar-refractivity contribution in [1.82, 2.24) is 14.9 Å². The van der Waals surface area contributed by atoms with E-state index in [1.165, 1.54) is 5.82 Å². The van der Waals surface area contributed by atoms with Gasteiger partial charge in [0.25, 0.3) is 0 Å². The Kier molecular flexibility index (Phi) is 4.82. The lowest BCUT2D eigenvalue weighted by Crippen LogP contribution is -2.27. The average molecular weight is 209 g/mol. The van der Waals surface area contributed by atoms with E-state index in [0.29, 0.717) is 12.0 Å². The quantitative estimate of drug-likeness (QED) is 0.779. The van der Waals surface area contributed by atoms with Gasteiger partial charge in [0.05, 0.1) is 0 Å². The lowest BCUT2D eigenvalue weighted by atomic mass is 10.0. The SMILES string of the molecule is CCNCC(C)C(C)n1ccnc1CC. The van der Waals surface area contributed by atoms with Crippen LogP contribution in [0.3, 0.4) is 0 Å². The predicted octanol–water partition coefficient (Wildman–Crippen LogP) is 2.25. The van der Waals surface area contributed by atoms with Gasteiger partial charge in [-0.05, 0) is 25.9 Å². The summed E-state index contributed by atoms with van der Waals surface area (Å²) in [7, 11) is 0. The fourth-order valence-corrected chi connectivity index (χ4v) is 1.81. The van der Waals surface area contributed by atoms with Crippen molar-refractivity contribution in [1.29, 1.82) is 0 Å². The van der Waals surface area contributed by atoms with Gasteiger partial charge in [-0.1, -0.05) is 20.8 Å². The molecule has 3 nitrogen and oxygen atoms in total. The Labute approximate surface area is 92.9 Å². The summed E-state index contributed by atoms with van der Waals surface area (Å²) in [4.78, 5) is 4.36. The molecular formula is C12H23N3. The van der Waals surface area contributed by atoms with E-state index in [4.69, 9.17) is 0 Å². The smallest absolute Gasteiger partial charge is 0.108 e. The Morgan fingerprint density at radius 2 is 2.13 bits per heavy atom. The van der Waals surface area contributed by atoms with E-state index in [2.05, 4.69) is 48.8 Å². The number of aromatic nitrogens is 2. The molecule has 1 rings (SSSR count). The first-order valence-corrected chi connectivity index (χ1v) is 5.93. The van der Waals surface area contributed by atoms with Crippen LogP contribution in [-0.2, 0) is 6.42 Å². The summed E-state index contributed by atoms with van der Waals surface area (Å²) in [6, 6.07) is 0.515. The molecule has 0 spiro atoms. The molecule has 0 fully saturated rings. The number of imidazole rings is 1. The molecule has 15 heavy (non-hydrogen) atoms. The monoisotopic (exact) mass is 209 g/mol. The number of nitrogens with zero attached hydrogens (tertiary/aromatic N) is 2. The van der Waals surface area contributed by atoms with Crippen LogP contribution in [0.15, 0.2) is 12.4 Å². The molecule has 0 radical (unpaired) electrons. The van der Waals surface area contributed by atoms with Crippen LogP contribution in [0.2, 0.25) is 0 Å². The van der Waals surface area contributed by atoms with Crippen molar-refractivity contribution in [2.75, 3.05) is 13.1 Å². The Morgan fingerprint density at radius 1 is 1.40 bits per heavy atom. The maximum Gasteiger partial charge on any atom is 0.108 e. The first-order valence-electron chi connectivity index (χ1n) is 5.93. The Morgan fingerprint density at radius 3 is 2.73 bits per heavy atom. The van der Waals surface area contributed by atoms with Crippen LogP contribution in [0.1, 0.15) is 39.6 Å². The van der Waals surface area contributed by atoms with Crippen molar-refractivity contribution in [3.63, 3.8) is 0 Å². The topological polar surface area (TPSA) is 29.9 Å². The van der Waals surface area contributed by atoms with E-state index in [0.717, 1.165) is 19.5 Å². The summed E-state index contributed by atoms with van der Waals surface area (Å²) >= 11 is 0. The van der Waals surface area contributed by atoms with Gasteiger partial charge in [-0.15, -0.1) is 0 Å². The summed E-state index contributed by atoms with van der Waals surface area (Å²) in [5, 5.41) is 3.39. The van der Waals surface area contributed by atoms with Gasteiger partial charge in [-0.25, -0.2) is 4.98 Å². The third-order valence-corrected chi connectivity index (χ3v) is 3.04. The van der Waals surface area contributed by atoms with E-state index in [1.54, 1.807) is 0 Å². The first-order chi connectivity index (χ1) is 7.20. The van der Waals surface area contributed by atoms with E-state index in [1.807, 2.05) is 6.20 Å². The van der Waals surface area contributed by atoms with Gasteiger partial charge in [-0.3, -0.25) is 0 Å². The van der Waals surface area contributed by atoms with E-state index in [-0.39, 0.29) is 0 Å². The van der Waals surface area contributed by atoms with E-state index >= 15 is 0 Å². The number of hydrogen-bond acceptors (Lipinski definition) is 2. The fourth-order valence-electron chi connectivity index (χ4n) is 1.81. The molecule has 0 saturated heterocycles. The second-order valence-electron chi connectivity index (χ2n) is 4.13. The second kappa shape index (κ2) is 5.91. The first kappa shape index (κ1) is 12.2. The molecule has 2 unspecified atom stereocenters. The van der Waals surface area contributed by atoms with Crippen LogP contribution in [0.5, 0.6) is 0 Å². The highest BCUT2D eigenvalue weighted by molar-refractivity contribution is 4.95. The maximum atomic E-state index is 4.36. The van der Waals surface area contributed by atoms with Gasteiger partial charge in [0, 0.05) is 24.9 Å².